The van der Waals surface area contributed by atoms with Crippen molar-refractivity contribution in [2.45, 2.75) is 6.92 Å². The van der Waals surface area contributed by atoms with Gasteiger partial charge in [0.25, 0.3) is 5.91 Å². The van der Waals surface area contributed by atoms with E-state index >= 15 is 0 Å². The third-order valence-corrected chi connectivity index (χ3v) is 4.17. The Morgan fingerprint density at radius 2 is 2.19 bits per heavy atom. The van der Waals surface area contributed by atoms with E-state index in [2.05, 4.69) is 15.5 Å². The van der Waals surface area contributed by atoms with Crippen molar-refractivity contribution in [1.29, 1.82) is 0 Å². The van der Waals surface area contributed by atoms with Crippen LogP contribution in [0.5, 0.6) is 0 Å². The average molecular weight is 318 g/mol. The van der Waals surface area contributed by atoms with Crippen LogP contribution in [0, 0.1) is 6.92 Å². The molecule has 0 saturated carbocycles. The number of rotatable bonds is 3. The number of H-pyrrole nitrogens is 1. The summed E-state index contributed by atoms with van der Waals surface area (Å²) in [7, 11) is 0. The molecule has 2 N–H and O–H groups in total. The van der Waals surface area contributed by atoms with Crippen molar-refractivity contribution < 1.29 is 4.79 Å². The maximum Gasteiger partial charge on any atom is 0.276 e. The number of halogens is 1. The van der Waals surface area contributed by atoms with E-state index in [4.69, 9.17) is 11.6 Å². The Hall–Kier alpha value is -2.11. The Bertz CT molecular complexity index is 780. The molecule has 0 bridgehead atoms. The number of nitrogens with zero attached hydrogens (tertiary/aromatic N) is 1. The Morgan fingerprint density at radius 3 is 2.90 bits per heavy atom. The van der Waals surface area contributed by atoms with E-state index in [1.54, 1.807) is 35.6 Å². The minimum Gasteiger partial charge on any atom is -0.320 e. The van der Waals surface area contributed by atoms with E-state index in [0.29, 0.717) is 10.7 Å². The lowest BCUT2D eigenvalue weighted by molar-refractivity contribution is 0.102. The molecule has 1 amide bonds. The van der Waals surface area contributed by atoms with Gasteiger partial charge in [-0.25, -0.2) is 0 Å². The number of thiophene rings is 1. The highest BCUT2D eigenvalue weighted by Gasteiger charge is 2.13. The summed E-state index contributed by atoms with van der Waals surface area (Å²) in [5.41, 5.74) is 2.82. The van der Waals surface area contributed by atoms with Crippen LogP contribution in [-0.2, 0) is 0 Å². The van der Waals surface area contributed by atoms with E-state index in [1.807, 2.05) is 24.4 Å². The first-order valence-corrected chi connectivity index (χ1v) is 7.56. The number of carbonyl (C=O) groups is 1. The van der Waals surface area contributed by atoms with Gasteiger partial charge in [0, 0.05) is 10.7 Å². The zero-order valence-corrected chi connectivity index (χ0v) is 12.8. The lowest BCUT2D eigenvalue weighted by atomic mass is 10.2. The van der Waals surface area contributed by atoms with Crippen LogP contribution in [0.25, 0.3) is 10.6 Å². The molecule has 0 aliphatic rings. The van der Waals surface area contributed by atoms with Crippen molar-refractivity contribution in [2.75, 3.05) is 5.32 Å². The van der Waals surface area contributed by atoms with Crippen LogP contribution >= 0.6 is 22.9 Å². The largest absolute Gasteiger partial charge is 0.320 e. The molecule has 0 saturated heterocycles. The van der Waals surface area contributed by atoms with Crippen molar-refractivity contribution in [1.82, 2.24) is 10.2 Å². The molecular weight excluding hydrogens is 306 g/mol. The molecule has 0 radical (unpaired) electrons. The summed E-state index contributed by atoms with van der Waals surface area (Å²) >= 11 is 7.49. The minimum absolute atomic E-state index is 0.250. The summed E-state index contributed by atoms with van der Waals surface area (Å²) in [6, 6.07) is 11.0. The maximum atomic E-state index is 12.2. The van der Waals surface area contributed by atoms with E-state index in [1.165, 1.54) is 0 Å². The zero-order chi connectivity index (χ0) is 14.8. The summed E-state index contributed by atoms with van der Waals surface area (Å²) in [6.07, 6.45) is 0. The SMILES string of the molecule is Cc1cc(Cl)ccc1NC(=O)c1cc(-c2cccs2)[nH]n1. The second kappa shape index (κ2) is 5.71. The van der Waals surface area contributed by atoms with Gasteiger partial charge in [-0.3, -0.25) is 9.89 Å². The van der Waals surface area contributed by atoms with Gasteiger partial charge >= 0.3 is 0 Å². The fraction of sp³-hybridized carbons (Fsp3) is 0.0667. The van der Waals surface area contributed by atoms with Gasteiger partial charge < -0.3 is 5.32 Å². The van der Waals surface area contributed by atoms with E-state index < -0.39 is 0 Å². The van der Waals surface area contributed by atoms with Gasteiger partial charge in [0.2, 0.25) is 0 Å². The van der Waals surface area contributed by atoms with Crippen LogP contribution in [-0.4, -0.2) is 16.1 Å². The van der Waals surface area contributed by atoms with Gasteiger partial charge in [0.1, 0.15) is 0 Å². The number of aryl methyl sites for hydroxylation is 1. The molecule has 0 fully saturated rings. The van der Waals surface area contributed by atoms with Gasteiger partial charge in [0.05, 0.1) is 10.6 Å². The fourth-order valence-electron chi connectivity index (χ4n) is 1.95. The molecule has 0 aliphatic carbocycles. The average Bonchev–Trinajstić information content (AvgIpc) is 3.10. The predicted molar refractivity (Wildman–Crippen MR) is 86.0 cm³/mol. The second-order valence-corrected chi connectivity index (χ2v) is 5.94. The lowest BCUT2D eigenvalue weighted by Gasteiger charge is -2.06. The van der Waals surface area contributed by atoms with Gasteiger partial charge in [-0.15, -0.1) is 11.3 Å². The monoisotopic (exact) mass is 317 g/mol. The van der Waals surface area contributed by atoms with Crippen molar-refractivity contribution in [3.63, 3.8) is 0 Å². The third kappa shape index (κ3) is 2.99. The number of benzene rings is 1. The van der Waals surface area contributed by atoms with Crippen LogP contribution in [0.4, 0.5) is 5.69 Å². The molecule has 0 atom stereocenters. The van der Waals surface area contributed by atoms with Crippen LogP contribution in [0.1, 0.15) is 16.1 Å². The molecule has 3 aromatic rings. The minimum atomic E-state index is -0.250. The topological polar surface area (TPSA) is 57.8 Å². The molecule has 21 heavy (non-hydrogen) atoms. The Balaban J connectivity index is 1.79. The highest BCUT2D eigenvalue weighted by atomic mass is 35.5. The second-order valence-electron chi connectivity index (χ2n) is 4.56. The summed E-state index contributed by atoms with van der Waals surface area (Å²) in [6.45, 7) is 1.89. The van der Waals surface area contributed by atoms with E-state index in [9.17, 15) is 4.79 Å². The number of carbonyl (C=O) groups excluding carboxylic acids is 1. The number of nitrogens with one attached hydrogen (secondary N) is 2. The van der Waals surface area contributed by atoms with E-state index in [-0.39, 0.29) is 5.91 Å². The summed E-state index contributed by atoms with van der Waals surface area (Å²) < 4.78 is 0. The standard InChI is InChI=1S/C15H12ClN3OS/c1-9-7-10(16)4-5-11(9)17-15(20)13-8-12(18-19-13)14-3-2-6-21-14/h2-8H,1H3,(H,17,20)(H,18,19). The molecule has 106 valence electrons. The molecule has 2 aromatic heterocycles. The summed E-state index contributed by atoms with van der Waals surface area (Å²) in [4.78, 5) is 13.3. The van der Waals surface area contributed by atoms with Crippen molar-refractivity contribution in [2.24, 2.45) is 0 Å². The van der Waals surface area contributed by atoms with Gasteiger partial charge in [0.15, 0.2) is 5.69 Å². The van der Waals surface area contributed by atoms with Gasteiger partial charge in [-0.1, -0.05) is 17.7 Å². The number of aromatic nitrogens is 2. The van der Waals surface area contributed by atoms with E-state index in [0.717, 1.165) is 21.8 Å². The Morgan fingerprint density at radius 1 is 1.33 bits per heavy atom. The number of hydrogen-bond acceptors (Lipinski definition) is 3. The fourth-order valence-corrected chi connectivity index (χ4v) is 2.87. The van der Waals surface area contributed by atoms with Crippen molar-refractivity contribution in [3.8, 4) is 10.6 Å². The van der Waals surface area contributed by atoms with Gasteiger partial charge in [-0.2, -0.15) is 5.10 Å². The quantitative estimate of drug-likeness (QED) is 0.754. The van der Waals surface area contributed by atoms with Crippen LogP contribution < -0.4 is 5.32 Å². The molecule has 1 aromatic carbocycles. The highest BCUT2D eigenvalue weighted by Crippen LogP contribution is 2.24. The van der Waals surface area contributed by atoms with Crippen molar-refractivity contribution in [3.05, 3.63) is 58.1 Å². The lowest BCUT2D eigenvalue weighted by Crippen LogP contribution is -2.13. The molecule has 0 unspecified atom stereocenters. The van der Waals surface area contributed by atoms with Crippen LogP contribution in [0.2, 0.25) is 5.02 Å². The highest BCUT2D eigenvalue weighted by molar-refractivity contribution is 7.13. The first kappa shape index (κ1) is 13.9. The smallest absolute Gasteiger partial charge is 0.276 e. The maximum absolute atomic E-state index is 12.2. The third-order valence-electron chi connectivity index (χ3n) is 3.03. The number of amides is 1. The molecule has 0 aliphatic heterocycles. The number of aromatic amines is 1. The summed E-state index contributed by atoms with van der Waals surface area (Å²) in [5.74, 6) is -0.250. The van der Waals surface area contributed by atoms with Crippen LogP contribution in [0.3, 0.4) is 0 Å². The molecular formula is C15H12ClN3OS. The number of hydrogen-bond donors (Lipinski definition) is 2. The summed E-state index contributed by atoms with van der Waals surface area (Å²) in [5, 5.41) is 12.4. The Kier molecular flexibility index (Phi) is 3.77. The first-order valence-electron chi connectivity index (χ1n) is 6.30. The number of anilines is 1. The molecule has 2 heterocycles. The Labute approximate surface area is 130 Å². The van der Waals surface area contributed by atoms with Crippen LogP contribution in [0.15, 0.2) is 41.8 Å². The van der Waals surface area contributed by atoms with Gasteiger partial charge in [-0.05, 0) is 48.2 Å². The molecule has 6 heteroatoms. The van der Waals surface area contributed by atoms with Crippen molar-refractivity contribution >= 4 is 34.5 Å². The predicted octanol–water partition coefficient (Wildman–Crippen LogP) is 4.35. The zero-order valence-electron chi connectivity index (χ0n) is 11.2. The first-order chi connectivity index (χ1) is 10.1. The molecule has 3 rings (SSSR count). The normalized spacial score (nSPS) is 10.6. The molecule has 0 spiro atoms. The molecule has 4 nitrogen and oxygen atoms in total.